The van der Waals surface area contributed by atoms with Crippen molar-refractivity contribution < 1.29 is 33.6 Å². The zero-order valence-electron chi connectivity index (χ0n) is 19.2. The number of carbonyl (C=O) groups excluding carboxylic acids is 2. The van der Waals surface area contributed by atoms with Crippen LogP contribution in [0.1, 0.15) is 59.3 Å². The first-order valence-corrected chi connectivity index (χ1v) is 11.9. The quantitative estimate of drug-likeness (QED) is 0.394. The predicted octanol–water partition coefficient (Wildman–Crippen LogP) is 3.06. The Bertz CT molecular complexity index is 872. The standard InChI is InChI=1S/C25H34O7/c1-4-29-10-9-25(28)18-6-5-17-14-24(30-11-12-31-24)8-7-22(17,3)20(18)19-15-23(25,13-16(2)26)21(27)32-19/h5,9-10,18-20,28H,4,6-8,11-15H2,1-3H3/b10-9+/t18-,19-,20-,22-,23+,25+/m0/s1. The Kier molecular flexibility index (Phi) is 5.12. The van der Waals surface area contributed by atoms with Gasteiger partial charge < -0.3 is 24.1 Å². The van der Waals surface area contributed by atoms with E-state index < -0.39 is 22.8 Å². The molecule has 0 amide bonds. The summed E-state index contributed by atoms with van der Waals surface area (Å²) in [7, 11) is 0. The second kappa shape index (κ2) is 7.40. The van der Waals surface area contributed by atoms with Gasteiger partial charge in [-0.15, -0.1) is 0 Å². The maximum Gasteiger partial charge on any atom is 0.316 e. The molecule has 176 valence electrons. The van der Waals surface area contributed by atoms with Crippen molar-refractivity contribution in [3.63, 3.8) is 0 Å². The molecular weight excluding hydrogens is 412 g/mol. The highest BCUT2D eigenvalue weighted by Gasteiger charge is 2.73. The van der Waals surface area contributed by atoms with Crippen LogP contribution in [0.3, 0.4) is 0 Å². The average molecular weight is 447 g/mol. The Labute approximate surface area is 189 Å². The summed E-state index contributed by atoms with van der Waals surface area (Å²) < 4.78 is 23.4. The molecule has 7 heteroatoms. The van der Waals surface area contributed by atoms with Crippen molar-refractivity contribution in [2.45, 2.75) is 76.8 Å². The molecule has 0 radical (unpaired) electrons. The van der Waals surface area contributed by atoms with Crippen molar-refractivity contribution in [3.05, 3.63) is 24.0 Å². The zero-order chi connectivity index (χ0) is 22.8. The molecule has 0 aromatic rings. The van der Waals surface area contributed by atoms with E-state index in [1.54, 1.807) is 6.08 Å². The Balaban J connectivity index is 1.58. The number of carbonyl (C=O) groups is 2. The number of Topliss-reactive ketones (excluding diaryl/α,β-unsaturated/α-hetero) is 1. The smallest absolute Gasteiger partial charge is 0.316 e. The Hall–Kier alpha value is -1.70. The molecule has 32 heavy (non-hydrogen) atoms. The summed E-state index contributed by atoms with van der Waals surface area (Å²) in [6, 6.07) is 0. The number of ether oxygens (including phenoxy) is 4. The van der Waals surface area contributed by atoms with Gasteiger partial charge in [0.15, 0.2) is 5.79 Å². The van der Waals surface area contributed by atoms with Crippen molar-refractivity contribution in [1.29, 1.82) is 0 Å². The fraction of sp³-hybridized carbons (Fsp3) is 0.760. The van der Waals surface area contributed by atoms with Gasteiger partial charge >= 0.3 is 5.97 Å². The van der Waals surface area contributed by atoms with E-state index in [2.05, 4.69) is 13.0 Å². The van der Waals surface area contributed by atoms with Gasteiger partial charge in [0.2, 0.25) is 0 Å². The molecule has 4 fully saturated rings. The summed E-state index contributed by atoms with van der Waals surface area (Å²) in [6.07, 6.45) is 8.24. The van der Waals surface area contributed by atoms with Gasteiger partial charge in [-0.25, -0.2) is 0 Å². The van der Waals surface area contributed by atoms with Crippen LogP contribution in [0.4, 0.5) is 0 Å². The summed E-state index contributed by atoms with van der Waals surface area (Å²) in [5.74, 6) is -1.43. The second-order valence-corrected chi connectivity index (χ2v) is 10.5. The third-order valence-corrected chi connectivity index (χ3v) is 8.89. The minimum absolute atomic E-state index is 0.0312. The first kappa shape index (κ1) is 22.1. The lowest BCUT2D eigenvalue weighted by atomic mass is 9.45. The van der Waals surface area contributed by atoms with Crippen LogP contribution in [0.2, 0.25) is 0 Å². The lowest BCUT2D eigenvalue weighted by Gasteiger charge is -2.59. The molecule has 5 aliphatic rings. The largest absolute Gasteiger partial charge is 0.502 e. The molecule has 0 aromatic carbocycles. The molecule has 2 heterocycles. The molecule has 5 rings (SSSR count). The summed E-state index contributed by atoms with van der Waals surface area (Å²) in [6.45, 7) is 7.25. The van der Waals surface area contributed by atoms with Crippen molar-refractivity contribution in [2.24, 2.45) is 22.7 Å². The summed E-state index contributed by atoms with van der Waals surface area (Å²) in [4.78, 5) is 25.5. The lowest BCUT2D eigenvalue weighted by molar-refractivity contribution is -0.197. The van der Waals surface area contributed by atoms with Gasteiger partial charge in [0, 0.05) is 37.5 Å². The molecule has 0 unspecified atom stereocenters. The minimum Gasteiger partial charge on any atom is -0.502 e. The van der Waals surface area contributed by atoms with Gasteiger partial charge in [0.25, 0.3) is 0 Å². The SMILES string of the molecule is CCO/C=C/[C@@]1(O)[C@H]2CC=C3CC4(CC[C@]3(C)[C@@H]2[C@@H]2C[C@]1(CC(C)=O)C(=O)O2)OCCO4. The molecule has 6 atom stereocenters. The van der Waals surface area contributed by atoms with Crippen molar-refractivity contribution in [3.8, 4) is 0 Å². The highest BCUT2D eigenvalue weighted by Crippen LogP contribution is 2.67. The number of rotatable bonds is 5. The Morgan fingerprint density at radius 1 is 1.31 bits per heavy atom. The molecule has 2 saturated heterocycles. The first-order chi connectivity index (χ1) is 15.2. The number of ketones is 1. The van der Waals surface area contributed by atoms with E-state index in [0.717, 1.165) is 12.8 Å². The van der Waals surface area contributed by atoms with Gasteiger partial charge in [-0.3, -0.25) is 9.59 Å². The van der Waals surface area contributed by atoms with Crippen LogP contribution < -0.4 is 0 Å². The molecule has 7 nitrogen and oxygen atoms in total. The normalized spacial score (nSPS) is 44.2. The monoisotopic (exact) mass is 446 g/mol. The lowest BCUT2D eigenvalue weighted by Crippen LogP contribution is -2.64. The summed E-state index contributed by atoms with van der Waals surface area (Å²) >= 11 is 0. The third kappa shape index (κ3) is 2.90. The summed E-state index contributed by atoms with van der Waals surface area (Å²) in [5.41, 5.74) is -1.77. The number of fused-ring (bicyclic) bond motifs is 6. The van der Waals surface area contributed by atoms with Crippen molar-refractivity contribution >= 4 is 11.8 Å². The molecule has 1 spiro atoms. The van der Waals surface area contributed by atoms with E-state index in [9.17, 15) is 14.7 Å². The molecule has 0 aromatic heterocycles. The maximum absolute atomic E-state index is 13.3. The molecule has 2 bridgehead atoms. The number of esters is 1. The molecule has 2 aliphatic heterocycles. The van der Waals surface area contributed by atoms with Crippen LogP contribution in [-0.4, -0.2) is 54.2 Å². The Morgan fingerprint density at radius 3 is 2.75 bits per heavy atom. The van der Waals surface area contributed by atoms with Crippen molar-refractivity contribution in [1.82, 2.24) is 0 Å². The Morgan fingerprint density at radius 2 is 2.06 bits per heavy atom. The minimum atomic E-state index is -1.52. The van der Waals surface area contributed by atoms with Gasteiger partial charge in [-0.2, -0.15) is 0 Å². The van der Waals surface area contributed by atoms with Gasteiger partial charge in [-0.05, 0) is 38.2 Å². The fourth-order valence-electron chi connectivity index (χ4n) is 7.45. The van der Waals surface area contributed by atoms with E-state index in [1.165, 1.54) is 18.8 Å². The fourth-order valence-corrected chi connectivity index (χ4v) is 7.45. The van der Waals surface area contributed by atoms with Crippen LogP contribution in [0.15, 0.2) is 24.0 Å². The van der Waals surface area contributed by atoms with Crippen LogP contribution in [0.5, 0.6) is 0 Å². The van der Waals surface area contributed by atoms with Crippen LogP contribution >= 0.6 is 0 Å². The van der Waals surface area contributed by atoms with Gasteiger partial charge in [0.1, 0.15) is 22.9 Å². The number of allylic oxidation sites excluding steroid dienone is 1. The molecule has 3 aliphatic carbocycles. The highest BCUT2D eigenvalue weighted by molar-refractivity contribution is 5.89. The first-order valence-electron chi connectivity index (χ1n) is 11.9. The van der Waals surface area contributed by atoms with Crippen LogP contribution in [0.25, 0.3) is 0 Å². The topological polar surface area (TPSA) is 91.3 Å². The van der Waals surface area contributed by atoms with E-state index in [1.807, 2.05) is 6.92 Å². The third-order valence-electron chi connectivity index (χ3n) is 8.89. The van der Waals surface area contributed by atoms with Gasteiger partial charge in [0.05, 0.1) is 26.1 Å². The maximum atomic E-state index is 13.3. The predicted molar refractivity (Wildman–Crippen MR) is 114 cm³/mol. The zero-order valence-corrected chi connectivity index (χ0v) is 19.2. The second-order valence-electron chi connectivity index (χ2n) is 10.5. The van der Waals surface area contributed by atoms with Crippen LogP contribution in [0, 0.1) is 22.7 Å². The van der Waals surface area contributed by atoms with Gasteiger partial charge in [-0.1, -0.05) is 18.6 Å². The number of hydrogen-bond acceptors (Lipinski definition) is 7. The highest BCUT2D eigenvalue weighted by atomic mass is 16.7. The molecule has 2 saturated carbocycles. The number of hydrogen-bond donors (Lipinski definition) is 1. The van der Waals surface area contributed by atoms with Crippen LogP contribution in [-0.2, 0) is 28.5 Å². The average Bonchev–Trinajstić information content (AvgIpc) is 3.31. The molecule has 1 N–H and O–H groups in total. The van der Waals surface area contributed by atoms with Crippen molar-refractivity contribution in [2.75, 3.05) is 19.8 Å². The van der Waals surface area contributed by atoms with E-state index in [0.29, 0.717) is 39.1 Å². The van der Waals surface area contributed by atoms with E-state index in [-0.39, 0.29) is 35.6 Å². The number of aliphatic hydroxyl groups is 1. The van der Waals surface area contributed by atoms with E-state index >= 15 is 0 Å². The van der Waals surface area contributed by atoms with E-state index in [4.69, 9.17) is 18.9 Å². The molecular formula is C25H34O7. The summed E-state index contributed by atoms with van der Waals surface area (Å²) in [5, 5.41) is 12.3.